The van der Waals surface area contributed by atoms with Gasteiger partial charge in [-0.05, 0) is 45.4 Å². The molecule has 3 nitrogen and oxygen atoms in total. The topological polar surface area (TPSA) is 18.5 Å². The molecule has 19 heavy (non-hydrogen) atoms. The normalized spacial score (nSPS) is 15.2. The summed E-state index contributed by atoms with van der Waals surface area (Å²) in [4.78, 5) is 4.93. The second kappa shape index (κ2) is 10.6. The lowest BCUT2D eigenvalue weighted by atomic mass is 9.84. The molecular weight excluding hydrogens is 234 g/mol. The minimum Gasteiger partial charge on any atom is -0.316 e. The molecule has 0 fully saturated rings. The molecule has 0 amide bonds. The van der Waals surface area contributed by atoms with Crippen LogP contribution in [0.3, 0.4) is 0 Å². The van der Waals surface area contributed by atoms with Gasteiger partial charge >= 0.3 is 0 Å². The Morgan fingerprint density at radius 2 is 1.63 bits per heavy atom. The van der Waals surface area contributed by atoms with Crippen LogP contribution in [0.2, 0.25) is 0 Å². The van der Waals surface area contributed by atoms with E-state index in [1.807, 2.05) is 0 Å². The fraction of sp³-hybridized carbons (Fsp3) is 1.00. The summed E-state index contributed by atoms with van der Waals surface area (Å²) >= 11 is 0. The lowest BCUT2D eigenvalue weighted by Gasteiger charge is -2.36. The van der Waals surface area contributed by atoms with E-state index in [1.54, 1.807) is 0 Å². The first-order chi connectivity index (χ1) is 8.97. The number of hydrogen-bond donors (Lipinski definition) is 1. The molecule has 0 rings (SSSR count). The highest BCUT2D eigenvalue weighted by molar-refractivity contribution is 4.81. The van der Waals surface area contributed by atoms with Gasteiger partial charge in [0, 0.05) is 26.2 Å². The highest BCUT2D eigenvalue weighted by Gasteiger charge is 2.25. The number of nitrogens with zero attached hydrogens (tertiary/aromatic N) is 2. The fourth-order valence-corrected chi connectivity index (χ4v) is 2.72. The Morgan fingerprint density at radius 3 is 2.11 bits per heavy atom. The number of likely N-dealkylation sites (N-methyl/N-ethyl adjacent to an activating group) is 1. The summed E-state index contributed by atoms with van der Waals surface area (Å²) in [5.41, 5.74) is 0.409. The average molecular weight is 271 g/mol. The Morgan fingerprint density at radius 1 is 0.947 bits per heavy atom. The Bertz CT molecular complexity index is 206. The van der Waals surface area contributed by atoms with Crippen molar-refractivity contribution >= 4 is 0 Å². The van der Waals surface area contributed by atoms with Gasteiger partial charge in [-0.25, -0.2) is 0 Å². The van der Waals surface area contributed by atoms with Crippen LogP contribution in [-0.2, 0) is 0 Å². The molecule has 1 atom stereocenters. The minimum absolute atomic E-state index is 0.409. The third-order valence-corrected chi connectivity index (χ3v) is 3.66. The van der Waals surface area contributed by atoms with Crippen LogP contribution >= 0.6 is 0 Å². The number of hydrogen-bond acceptors (Lipinski definition) is 3. The van der Waals surface area contributed by atoms with Crippen molar-refractivity contribution in [2.45, 2.75) is 47.0 Å². The monoisotopic (exact) mass is 271 g/mol. The average Bonchev–Trinajstić information content (AvgIpc) is 2.34. The summed E-state index contributed by atoms with van der Waals surface area (Å²) in [6, 6.07) is 0. The van der Waals surface area contributed by atoms with E-state index in [-0.39, 0.29) is 0 Å². The number of rotatable bonds is 12. The van der Waals surface area contributed by atoms with Gasteiger partial charge in [-0.1, -0.05) is 34.1 Å². The molecule has 0 aromatic heterocycles. The third kappa shape index (κ3) is 9.42. The summed E-state index contributed by atoms with van der Waals surface area (Å²) in [7, 11) is 4.32. The van der Waals surface area contributed by atoms with Crippen molar-refractivity contribution < 1.29 is 0 Å². The van der Waals surface area contributed by atoms with Gasteiger partial charge in [0.15, 0.2) is 0 Å². The van der Waals surface area contributed by atoms with E-state index in [4.69, 9.17) is 0 Å². The van der Waals surface area contributed by atoms with Crippen molar-refractivity contribution in [3.05, 3.63) is 0 Å². The maximum atomic E-state index is 3.55. The number of nitrogens with one attached hydrogen (secondary N) is 1. The molecule has 3 heteroatoms. The Kier molecular flexibility index (Phi) is 10.6. The quantitative estimate of drug-likeness (QED) is 0.589. The van der Waals surface area contributed by atoms with Crippen molar-refractivity contribution in [3.8, 4) is 0 Å². The van der Waals surface area contributed by atoms with E-state index >= 15 is 0 Å². The second-order valence-electron chi connectivity index (χ2n) is 6.42. The summed E-state index contributed by atoms with van der Waals surface area (Å²) in [6.45, 7) is 16.2. The zero-order chi connectivity index (χ0) is 14.7. The molecule has 0 saturated carbocycles. The van der Waals surface area contributed by atoms with E-state index in [1.165, 1.54) is 38.9 Å². The lowest BCUT2D eigenvalue weighted by Crippen LogP contribution is -2.44. The molecule has 116 valence electrons. The van der Waals surface area contributed by atoms with Crippen LogP contribution in [0, 0.1) is 5.41 Å². The molecule has 0 aromatic carbocycles. The first-order valence-corrected chi connectivity index (χ1v) is 8.05. The summed E-state index contributed by atoms with van der Waals surface area (Å²) < 4.78 is 0. The van der Waals surface area contributed by atoms with E-state index in [9.17, 15) is 0 Å². The maximum absolute atomic E-state index is 3.55. The highest BCUT2D eigenvalue weighted by atomic mass is 15.2. The molecule has 0 heterocycles. The molecule has 1 unspecified atom stereocenters. The maximum Gasteiger partial charge on any atom is 0.0109 e. The molecule has 0 aliphatic rings. The Labute approximate surface area is 121 Å². The van der Waals surface area contributed by atoms with Crippen LogP contribution in [0.1, 0.15) is 47.0 Å². The van der Waals surface area contributed by atoms with E-state index in [0.717, 1.165) is 19.6 Å². The molecule has 0 aromatic rings. The molecule has 0 aliphatic carbocycles. The van der Waals surface area contributed by atoms with Gasteiger partial charge in [-0.3, -0.25) is 0 Å². The molecule has 0 bridgehead atoms. The zero-order valence-electron chi connectivity index (χ0n) is 14.3. The van der Waals surface area contributed by atoms with E-state index in [0.29, 0.717) is 5.41 Å². The van der Waals surface area contributed by atoms with Crippen molar-refractivity contribution in [2.75, 3.05) is 53.4 Å². The van der Waals surface area contributed by atoms with Gasteiger partial charge in [-0.2, -0.15) is 0 Å². The Balaban J connectivity index is 4.44. The lowest BCUT2D eigenvalue weighted by molar-refractivity contribution is 0.141. The van der Waals surface area contributed by atoms with Crippen LogP contribution in [0.5, 0.6) is 0 Å². The van der Waals surface area contributed by atoms with Gasteiger partial charge in [-0.15, -0.1) is 0 Å². The standard InChI is InChI=1S/C16H37N3/c1-7-10-16(4,14-17-9-3)15-19(11-8-2)13-12-18(5)6/h17H,7-15H2,1-6H3. The second-order valence-corrected chi connectivity index (χ2v) is 6.42. The van der Waals surface area contributed by atoms with Crippen LogP contribution < -0.4 is 5.32 Å². The molecular formula is C16H37N3. The largest absolute Gasteiger partial charge is 0.316 e. The van der Waals surface area contributed by atoms with E-state index in [2.05, 4.69) is 56.9 Å². The van der Waals surface area contributed by atoms with Gasteiger partial charge in [0.1, 0.15) is 0 Å². The van der Waals surface area contributed by atoms with Crippen molar-refractivity contribution in [1.82, 2.24) is 15.1 Å². The fourth-order valence-electron chi connectivity index (χ4n) is 2.72. The third-order valence-electron chi connectivity index (χ3n) is 3.66. The first kappa shape index (κ1) is 18.9. The first-order valence-electron chi connectivity index (χ1n) is 8.05. The smallest absolute Gasteiger partial charge is 0.0109 e. The van der Waals surface area contributed by atoms with E-state index < -0.39 is 0 Å². The molecule has 0 radical (unpaired) electrons. The van der Waals surface area contributed by atoms with Crippen LogP contribution in [-0.4, -0.2) is 63.2 Å². The van der Waals surface area contributed by atoms with Crippen molar-refractivity contribution in [2.24, 2.45) is 5.41 Å². The molecule has 0 aliphatic heterocycles. The Hall–Kier alpha value is -0.120. The molecule has 0 spiro atoms. The molecule has 1 N–H and O–H groups in total. The highest BCUT2D eigenvalue weighted by Crippen LogP contribution is 2.24. The summed E-state index contributed by atoms with van der Waals surface area (Å²) in [5, 5.41) is 3.55. The van der Waals surface area contributed by atoms with Gasteiger partial charge in [0.2, 0.25) is 0 Å². The van der Waals surface area contributed by atoms with Gasteiger partial charge in [0.05, 0.1) is 0 Å². The van der Waals surface area contributed by atoms with Gasteiger partial charge < -0.3 is 15.1 Å². The van der Waals surface area contributed by atoms with Crippen molar-refractivity contribution in [1.29, 1.82) is 0 Å². The summed E-state index contributed by atoms with van der Waals surface area (Å²) in [5.74, 6) is 0. The molecule has 0 saturated heterocycles. The van der Waals surface area contributed by atoms with Crippen molar-refractivity contribution in [3.63, 3.8) is 0 Å². The van der Waals surface area contributed by atoms with Crippen LogP contribution in [0.25, 0.3) is 0 Å². The SMILES string of the molecule is CCCN(CCN(C)C)CC(C)(CCC)CNCC. The predicted molar refractivity (Wildman–Crippen MR) is 86.8 cm³/mol. The summed E-state index contributed by atoms with van der Waals surface area (Å²) in [6.07, 6.45) is 3.83. The van der Waals surface area contributed by atoms with Crippen LogP contribution in [0.4, 0.5) is 0 Å². The minimum atomic E-state index is 0.409. The predicted octanol–water partition coefficient (Wildman–Crippen LogP) is 2.68. The van der Waals surface area contributed by atoms with Crippen LogP contribution in [0.15, 0.2) is 0 Å². The zero-order valence-corrected chi connectivity index (χ0v) is 14.3. The van der Waals surface area contributed by atoms with Gasteiger partial charge in [0.25, 0.3) is 0 Å².